The molecule has 0 unspecified atom stereocenters. The molecule has 0 aliphatic carbocycles. The van der Waals surface area contributed by atoms with Gasteiger partial charge in [0.2, 0.25) is 0 Å². The zero-order chi connectivity index (χ0) is 21.1. The highest BCUT2D eigenvalue weighted by Gasteiger charge is 2.51. The Morgan fingerprint density at radius 1 is 1.10 bits per heavy atom. The summed E-state index contributed by atoms with van der Waals surface area (Å²) in [5.41, 5.74) is 0.973. The summed E-state index contributed by atoms with van der Waals surface area (Å²) >= 11 is 0. The molecule has 0 saturated carbocycles. The van der Waals surface area contributed by atoms with E-state index in [4.69, 9.17) is 25.4 Å². The lowest BCUT2D eigenvalue weighted by molar-refractivity contribution is -0.166. The highest BCUT2D eigenvalue weighted by molar-refractivity contribution is 5.76. The molecule has 11 heteroatoms. The number of hydrogen-bond donors (Lipinski definition) is 0. The summed E-state index contributed by atoms with van der Waals surface area (Å²) in [7, 11) is 0. The number of ether oxygens (including phenoxy) is 4. The molecule has 1 aliphatic rings. The third-order valence-corrected chi connectivity index (χ3v) is 4.11. The summed E-state index contributed by atoms with van der Waals surface area (Å²) in [5.74, 6) is 0.646. The van der Waals surface area contributed by atoms with Crippen LogP contribution in [-0.2, 0) is 33.3 Å². The molecule has 1 saturated heterocycles. The molecule has 11 nitrogen and oxygen atoms in total. The molecule has 1 fully saturated rings. The molecule has 0 radical (unpaired) electrons. The predicted octanol–water partition coefficient (Wildman–Crippen LogP) is 0.131. The molecule has 0 amide bonds. The maximum atomic E-state index is 11.7. The van der Waals surface area contributed by atoms with Crippen molar-refractivity contribution < 1.29 is 33.3 Å². The second kappa shape index (κ2) is 8.24. The standard InChI is InChI=1S/C18H18N4O7/c1-5-12-14-17(20-7-19-12)22(8-21-14)18-16(28-11(4)25)15(27-10(3)24)13(29-18)6-26-9(2)23/h1,7-8,13,15-16,18H,6H2,2-4H3/t13-,15-,16-,18-/m1/s1. The number of nitrogens with zero attached hydrogens (tertiary/aromatic N) is 4. The summed E-state index contributed by atoms with van der Waals surface area (Å²) in [5, 5.41) is 0. The average Bonchev–Trinajstić information content (AvgIpc) is 3.21. The lowest BCUT2D eigenvalue weighted by Gasteiger charge is -2.23. The van der Waals surface area contributed by atoms with Gasteiger partial charge in [-0.2, -0.15) is 0 Å². The average molecular weight is 402 g/mol. The molecule has 2 aromatic heterocycles. The van der Waals surface area contributed by atoms with Crippen LogP contribution in [0.25, 0.3) is 11.2 Å². The van der Waals surface area contributed by atoms with Gasteiger partial charge in [0.1, 0.15) is 30.2 Å². The molecule has 152 valence electrons. The van der Waals surface area contributed by atoms with Crippen LogP contribution in [-0.4, -0.2) is 62.3 Å². The predicted molar refractivity (Wildman–Crippen MR) is 94.9 cm³/mol. The van der Waals surface area contributed by atoms with Gasteiger partial charge in [0.25, 0.3) is 0 Å². The third-order valence-electron chi connectivity index (χ3n) is 4.11. The minimum absolute atomic E-state index is 0.210. The molecule has 29 heavy (non-hydrogen) atoms. The molecule has 0 N–H and O–H groups in total. The van der Waals surface area contributed by atoms with Crippen molar-refractivity contribution in [3.05, 3.63) is 18.3 Å². The molecule has 0 bridgehead atoms. The number of carbonyl (C=O) groups is 3. The number of hydrogen-bond acceptors (Lipinski definition) is 10. The van der Waals surface area contributed by atoms with Gasteiger partial charge in [0, 0.05) is 20.8 Å². The van der Waals surface area contributed by atoms with E-state index in [-0.39, 0.29) is 12.3 Å². The Labute approximate surface area is 165 Å². The first-order valence-electron chi connectivity index (χ1n) is 8.59. The number of carbonyl (C=O) groups excluding carboxylic acids is 3. The van der Waals surface area contributed by atoms with Gasteiger partial charge in [0.15, 0.2) is 24.1 Å². The van der Waals surface area contributed by atoms with Crippen LogP contribution >= 0.6 is 0 Å². The summed E-state index contributed by atoms with van der Waals surface area (Å²) in [6.07, 6.45) is 4.20. The Balaban J connectivity index is 2.03. The highest BCUT2D eigenvalue weighted by atomic mass is 16.7. The first-order valence-corrected chi connectivity index (χ1v) is 8.59. The summed E-state index contributed by atoms with van der Waals surface area (Å²) in [4.78, 5) is 46.9. The van der Waals surface area contributed by atoms with Crippen molar-refractivity contribution in [2.45, 2.75) is 45.3 Å². The summed E-state index contributed by atoms with van der Waals surface area (Å²) in [6, 6.07) is 0. The fourth-order valence-corrected chi connectivity index (χ4v) is 3.06. The van der Waals surface area contributed by atoms with Gasteiger partial charge in [-0.3, -0.25) is 19.0 Å². The lowest BCUT2D eigenvalue weighted by atomic mass is 10.1. The molecule has 1 aliphatic heterocycles. The van der Waals surface area contributed by atoms with E-state index in [9.17, 15) is 14.4 Å². The zero-order valence-electron chi connectivity index (χ0n) is 15.9. The molecular weight excluding hydrogens is 384 g/mol. The normalized spacial score (nSPS) is 23.4. The van der Waals surface area contributed by atoms with E-state index in [2.05, 4.69) is 20.9 Å². The SMILES string of the molecule is C#Cc1ncnc2c1ncn2[C@@H]1O[C@H](COC(C)=O)[C@@H](OC(C)=O)[C@H]1OC(C)=O. The smallest absolute Gasteiger partial charge is 0.303 e. The van der Waals surface area contributed by atoms with Crippen molar-refractivity contribution in [3.8, 4) is 12.3 Å². The zero-order valence-corrected chi connectivity index (χ0v) is 15.9. The Kier molecular flexibility index (Phi) is 5.74. The van der Waals surface area contributed by atoms with Crippen molar-refractivity contribution in [3.63, 3.8) is 0 Å². The third kappa shape index (κ3) is 4.17. The van der Waals surface area contributed by atoms with Crippen LogP contribution in [0, 0.1) is 12.3 Å². The van der Waals surface area contributed by atoms with Gasteiger partial charge in [-0.1, -0.05) is 0 Å². The maximum Gasteiger partial charge on any atom is 0.303 e. The monoisotopic (exact) mass is 402 g/mol. The van der Waals surface area contributed by atoms with Gasteiger partial charge < -0.3 is 18.9 Å². The van der Waals surface area contributed by atoms with Gasteiger partial charge in [-0.25, -0.2) is 15.0 Å². The van der Waals surface area contributed by atoms with Crippen molar-refractivity contribution in [2.24, 2.45) is 0 Å². The van der Waals surface area contributed by atoms with E-state index in [1.807, 2.05) is 0 Å². The van der Waals surface area contributed by atoms with Gasteiger partial charge >= 0.3 is 17.9 Å². The van der Waals surface area contributed by atoms with Crippen LogP contribution in [0.5, 0.6) is 0 Å². The summed E-state index contributed by atoms with van der Waals surface area (Å²) < 4.78 is 23.2. The fraction of sp³-hybridized carbons (Fsp3) is 0.444. The number of imidazole rings is 1. The number of fused-ring (bicyclic) bond motifs is 1. The van der Waals surface area contributed by atoms with Crippen molar-refractivity contribution in [2.75, 3.05) is 6.61 Å². The van der Waals surface area contributed by atoms with Crippen LogP contribution in [0.1, 0.15) is 32.7 Å². The molecule has 3 heterocycles. The first kappa shape index (κ1) is 20.2. The number of aromatic nitrogens is 4. The van der Waals surface area contributed by atoms with E-state index in [0.717, 1.165) is 0 Å². The number of esters is 3. The maximum absolute atomic E-state index is 11.7. The van der Waals surface area contributed by atoms with Gasteiger partial charge in [-0.05, 0) is 5.92 Å². The molecule has 4 atom stereocenters. The second-order valence-electron chi connectivity index (χ2n) is 6.21. The number of rotatable bonds is 5. The van der Waals surface area contributed by atoms with E-state index >= 15 is 0 Å². The van der Waals surface area contributed by atoms with Crippen molar-refractivity contribution in [1.29, 1.82) is 0 Å². The minimum atomic E-state index is -1.04. The molecule has 0 aromatic carbocycles. The molecule has 2 aromatic rings. The highest BCUT2D eigenvalue weighted by Crippen LogP contribution is 2.36. The van der Waals surface area contributed by atoms with Crippen LogP contribution in [0.2, 0.25) is 0 Å². The van der Waals surface area contributed by atoms with Crippen LogP contribution in [0.15, 0.2) is 12.7 Å². The van der Waals surface area contributed by atoms with Crippen LogP contribution in [0.3, 0.4) is 0 Å². The quantitative estimate of drug-likeness (QED) is 0.386. The Morgan fingerprint density at radius 2 is 1.79 bits per heavy atom. The van der Waals surface area contributed by atoms with E-state index in [1.165, 1.54) is 38.0 Å². The van der Waals surface area contributed by atoms with E-state index in [0.29, 0.717) is 11.2 Å². The number of terminal acetylenes is 1. The lowest BCUT2D eigenvalue weighted by Crippen LogP contribution is -2.40. The summed E-state index contributed by atoms with van der Waals surface area (Å²) in [6.45, 7) is 3.45. The van der Waals surface area contributed by atoms with Crippen LogP contribution in [0.4, 0.5) is 0 Å². The van der Waals surface area contributed by atoms with E-state index in [1.54, 1.807) is 0 Å². The van der Waals surface area contributed by atoms with Crippen molar-refractivity contribution in [1.82, 2.24) is 19.5 Å². The molecule has 0 spiro atoms. The van der Waals surface area contributed by atoms with Gasteiger partial charge in [-0.15, -0.1) is 6.42 Å². The fourth-order valence-electron chi connectivity index (χ4n) is 3.06. The van der Waals surface area contributed by atoms with Crippen LogP contribution < -0.4 is 0 Å². The Hall–Kier alpha value is -3.52. The Bertz CT molecular complexity index is 996. The largest absolute Gasteiger partial charge is 0.463 e. The van der Waals surface area contributed by atoms with E-state index < -0.39 is 42.4 Å². The van der Waals surface area contributed by atoms with Gasteiger partial charge in [0.05, 0.1) is 6.33 Å². The first-order chi connectivity index (χ1) is 13.8. The minimum Gasteiger partial charge on any atom is -0.463 e. The molecular formula is C18H18N4O7. The Morgan fingerprint density at radius 3 is 2.41 bits per heavy atom. The second-order valence-corrected chi connectivity index (χ2v) is 6.21. The topological polar surface area (TPSA) is 132 Å². The van der Waals surface area contributed by atoms with Crippen molar-refractivity contribution >= 4 is 29.1 Å². The molecule has 3 rings (SSSR count).